The summed E-state index contributed by atoms with van der Waals surface area (Å²) in [4.78, 5) is 16.2. The van der Waals surface area contributed by atoms with Crippen LogP contribution in [0.1, 0.15) is 31.6 Å². The molecule has 0 unspecified atom stereocenters. The number of aromatic nitrogens is 1. The lowest BCUT2D eigenvalue weighted by atomic mass is 10.3. The third-order valence-electron chi connectivity index (χ3n) is 3.76. The molecule has 0 spiro atoms. The summed E-state index contributed by atoms with van der Waals surface area (Å²) >= 11 is 7.68. The number of rotatable bonds is 8. The van der Waals surface area contributed by atoms with E-state index in [1.165, 1.54) is 31.1 Å². The Morgan fingerprint density at radius 3 is 3.00 bits per heavy atom. The second-order valence-electron chi connectivity index (χ2n) is 6.33. The van der Waals surface area contributed by atoms with Crippen LogP contribution in [-0.4, -0.2) is 23.5 Å². The van der Waals surface area contributed by atoms with Crippen LogP contribution in [0.3, 0.4) is 0 Å². The van der Waals surface area contributed by atoms with Crippen LogP contribution in [0.25, 0.3) is 6.08 Å². The van der Waals surface area contributed by atoms with Crippen molar-refractivity contribution in [3.63, 3.8) is 0 Å². The van der Waals surface area contributed by atoms with Crippen molar-refractivity contribution in [3.8, 4) is 16.7 Å². The summed E-state index contributed by atoms with van der Waals surface area (Å²) in [6.45, 7) is 4.13. The fourth-order valence-electron chi connectivity index (χ4n) is 2.26. The molecule has 26 heavy (non-hydrogen) atoms. The molecule has 1 saturated carbocycles. The van der Waals surface area contributed by atoms with Gasteiger partial charge in [-0.15, -0.1) is 0 Å². The third kappa shape index (κ3) is 5.75. The average Bonchev–Trinajstić information content (AvgIpc) is 3.30. The first-order chi connectivity index (χ1) is 12.5. The lowest BCUT2D eigenvalue weighted by Gasteiger charge is -2.08. The second kappa shape index (κ2) is 8.56. The van der Waals surface area contributed by atoms with Crippen LogP contribution in [0.2, 0.25) is 5.02 Å². The van der Waals surface area contributed by atoms with E-state index in [-0.39, 0.29) is 11.9 Å². The molecule has 1 aromatic carbocycles. The molecule has 0 saturated heterocycles. The van der Waals surface area contributed by atoms with Crippen molar-refractivity contribution in [1.82, 2.24) is 10.3 Å². The van der Waals surface area contributed by atoms with E-state index >= 15 is 0 Å². The number of nitrogens with zero attached hydrogens (tertiary/aromatic N) is 1. The van der Waals surface area contributed by atoms with E-state index in [0.29, 0.717) is 27.6 Å². The molecular weight excluding hydrogens is 372 g/mol. The van der Waals surface area contributed by atoms with Gasteiger partial charge in [0.15, 0.2) is 0 Å². The second-order valence-corrected chi connectivity index (χ2v) is 7.76. The number of hydrogen-bond donors (Lipinski definition) is 1. The van der Waals surface area contributed by atoms with E-state index in [1.54, 1.807) is 12.3 Å². The molecule has 1 fully saturated rings. The van der Waals surface area contributed by atoms with Gasteiger partial charge in [-0.25, -0.2) is 4.98 Å². The molecule has 7 heteroatoms. The van der Waals surface area contributed by atoms with E-state index in [2.05, 4.69) is 10.3 Å². The van der Waals surface area contributed by atoms with Gasteiger partial charge in [0.05, 0.1) is 16.5 Å². The monoisotopic (exact) mass is 392 g/mol. The molecule has 0 aliphatic heterocycles. The van der Waals surface area contributed by atoms with Crippen molar-refractivity contribution in [3.05, 3.63) is 40.4 Å². The average molecular weight is 393 g/mol. The largest absolute Gasteiger partial charge is 0.492 e. The van der Waals surface area contributed by atoms with Crippen LogP contribution in [0, 0.1) is 5.92 Å². The van der Waals surface area contributed by atoms with Gasteiger partial charge in [-0.3, -0.25) is 4.79 Å². The van der Waals surface area contributed by atoms with Crippen molar-refractivity contribution in [2.24, 2.45) is 5.92 Å². The lowest BCUT2D eigenvalue weighted by Crippen LogP contribution is -2.28. The van der Waals surface area contributed by atoms with Crippen LogP contribution < -0.4 is 14.8 Å². The fourth-order valence-corrected chi connectivity index (χ4v) is 3.18. The molecule has 1 aliphatic rings. The minimum Gasteiger partial charge on any atom is -0.492 e. The first-order valence-corrected chi connectivity index (χ1v) is 9.70. The zero-order valence-electron chi connectivity index (χ0n) is 14.7. The standard InChI is InChI=1S/C19H21ClN2O3S/c1-12(22-13(2)23)3-7-16-10-21-19(26-16)25-15-6-8-18(17(20)9-15)24-11-14-4-5-14/h3,6-10,12,14H,4-5,11H2,1-2H3,(H,22,23)/t12-/m0/s1. The smallest absolute Gasteiger partial charge is 0.279 e. The Bertz CT molecular complexity index is 802. The SMILES string of the molecule is CC(=O)N[C@@H](C)C=Cc1cnc(Oc2ccc(OCC3CC3)c(Cl)c2)s1. The van der Waals surface area contributed by atoms with Crippen LogP contribution in [0.4, 0.5) is 0 Å². The van der Waals surface area contributed by atoms with Gasteiger partial charge in [0.25, 0.3) is 5.19 Å². The Hall–Kier alpha value is -2.05. The van der Waals surface area contributed by atoms with Gasteiger partial charge in [-0.1, -0.05) is 29.0 Å². The summed E-state index contributed by atoms with van der Waals surface area (Å²) in [7, 11) is 0. The summed E-state index contributed by atoms with van der Waals surface area (Å²) in [5.74, 6) is 1.92. The maximum atomic E-state index is 11.0. The van der Waals surface area contributed by atoms with Gasteiger partial charge >= 0.3 is 0 Å². The minimum absolute atomic E-state index is 0.0408. The van der Waals surface area contributed by atoms with Crippen molar-refractivity contribution in [2.45, 2.75) is 32.7 Å². The van der Waals surface area contributed by atoms with Gasteiger partial charge in [0, 0.05) is 25.2 Å². The van der Waals surface area contributed by atoms with Crippen molar-refractivity contribution in [1.29, 1.82) is 0 Å². The first-order valence-electron chi connectivity index (χ1n) is 8.51. The number of carbonyl (C=O) groups excluding carboxylic acids is 1. The predicted molar refractivity (Wildman–Crippen MR) is 104 cm³/mol. The van der Waals surface area contributed by atoms with Gasteiger partial charge in [0.1, 0.15) is 11.5 Å². The molecule has 1 aliphatic carbocycles. The number of carbonyl (C=O) groups is 1. The molecule has 5 nitrogen and oxygen atoms in total. The highest BCUT2D eigenvalue weighted by Gasteiger charge is 2.22. The van der Waals surface area contributed by atoms with E-state index in [0.717, 1.165) is 11.5 Å². The maximum Gasteiger partial charge on any atom is 0.279 e. The summed E-state index contributed by atoms with van der Waals surface area (Å²) in [6.07, 6.45) is 8.02. The van der Waals surface area contributed by atoms with Crippen molar-refractivity contribution in [2.75, 3.05) is 6.61 Å². The summed E-state index contributed by atoms with van der Waals surface area (Å²) in [6, 6.07) is 5.34. The van der Waals surface area contributed by atoms with Crippen LogP contribution in [0.15, 0.2) is 30.5 Å². The van der Waals surface area contributed by atoms with Crippen LogP contribution >= 0.6 is 22.9 Å². The third-order valence-corrected chi connectivity index (χ3v) is 4.90. The molecule has 138 valence electrons. The van der Waals surface area contributed by atoms with Crippen molar-refractivity contribution < 1.29 is 14.3 Å². The van der Waals surface area contributed by atoms with Crippen molar-refractivity contribution >= 4 is 34.9 Å². The summed E-state index contributed by atoms with van der Waals surface area (Å²) in [5, 5.41) is 3.85. The first kappa shape index (κ1) is 18.7. The topological polar surface area (TPSA) is 60.5 Å². The molecule has 1 N–H and O–H groups in total. The number of ether oxygens (including phenoxy) is 2. The Labute approximate surface area is 162 Å². The maximum absolute atomic E-state index is 11.0. The summed E-state index contributed by atoms with van der Waals surface area (Å²) < 4.78 is 11.5. The minimum atomic E-state index is -0.0584. The van der Waals surface area contributed by atoms with E-state index < -0.39 is 0 Å². The van der Waals surface area contributed by atoms with Crippen LogP contribution in [-0.2, 0) is 4.79 Å². The zero-order chi connectivity index (χ0) is 18.5. The lowest BCUT2D eigenvalue weighted by molar-refractivity contribution is -0.119. The van der Waals surface area contributed by atoms with Gasteiger partial charge in [0.2, 0.25) is 5.91 Å². The highest BCUT2D eigenvalue weighted by atomic mass is 35.5. The zero-order valence-corrected chi connectivity index (χ0v) is 16.3. The molecule has 2 aromatic rings. The molecule has 0 bridgehead atoms. The van der Waals surface area contributed by atoms with Crippen LogP contribution in [0.5, 0.6) is 16.7 Å². The summed E-state index contributed by atoms with van der Waals surface area (Å²) in [5.41, 5.74) is 0. The van der Waals surface area contributed by atoms with E-state index in [1.807, 2.05) is 31.2 Å². The Morgan fingerprint density at radius 2 is 2.31 bits per heavy atom. The van der Waals surface area contributed by atoms with E-state index in [4.69, 9.17) is 21.1 Å². The Balaban J connectivity index is 1.57. The molecule has 1 heterocycles. The number of halogens is 1. The molecule has 1 atom stereocenters. The Morgan fingerprint density at radius 1 is 1.50 bits per heavy atom. The number of hydrogen-bond acceptors (Lipinski definition) is 5. The molecule has 0 radical (unpaired) electrons. The molecule has 1 amide bonds. The normalized spacial score (nSPS) is 15.0. The number of nitrogens with one attached hydrogen (secondary N) is 1. The number of benzene rings is 1. The number of amides is 1. The van der Waals surface area contributed by atoms with Gasteiger partial charge in [-0.2, -0.15) is 0 Å². The highest BCUT2D eigenvalue weighted by molar-refractivity contribution is 7.14. The molecular formula is C19H21ClN2O3S. The molecule has 1 aromatic heterocycles. The van der Waals surface area contributed by atoms with E-state index in [9.17, 15) is 4.79 Å². The quantitative estimate of drug-likeness (QED) is 0.692. The highest BCUT2D eigenvalue weighted by Crippen LogP contribution is 2.35. The number of thiazole rings is 1. The fraction of sp³-hybridized carbons (Fsp3) is 0.368. The van der Waals surface area contributed by atoms with Gasteiger partial charge in [-0.05, 0) is 43.9 Å². The van der Waals surface area contributed by atoms with Gasteiger partial charge < -0.3 is 14.8 Å². The predicted octanol–water partition coefficient (Wildman–Crippen LogP) is 4.92. The molecule has 3 rings (SSSR count). The Kier molecular flexibility index (Phi) is 6.16.